The number of hydrogen-bond donors (Lipinski definition) is 1. The quantitative estimate of drug-likeness (QED) is 0.393. The minimum atomic E-state index is -0.612. The van der Waals surface area contributed by atoms with Gasteiger partial charge in [-0.3, -0.25) is 25.1 Å². The van der Waals surface area contributed by atoms with Crippen LogP contribution in [0.4, 0.5) is 5.69 Å². The Hall–Kier alpha value is -4.06. The smallest absolute Gasteiger partial charge is 0.283 e. The van der Waals surface area contributed by atoms with Gasteiger partial charge in [-0.05, 0) is 42.8 Å². The third-order valence-corrected chi connectivity index (χ3v) is 6.42. The molecule has 1 aromatic carbocycles. The number of hydrazone groups is 1. The maximum Gasteiger partial charge on any atom is 0.283 e. The van der Waals surface area contributed by atoms with E-state index in [1.165, 1.54) is 23.2 Å². The lowest BCUT2D eigenvalue weighted by Crippen LogP contribution is -2.35. The van der Waals surface area contributed by atoms with E-state index in [1.54, 1.807) is 29.2 Å². The van der Waals surface area contributed by atoms with Gasteiger partial charge in [0.25, 0.3) is 11.6 Å². The molecular weight excluding hydrogens is 460 g/mol. The Balaban J connectivity index is 1.35. The van der Waals surface area contributed by atoms with Crippen molar-refractivity contribution in [3.05, 3.63) is 57.8 Å². The summed E-state index contributed by atoms with van der Waals surface area (Å²) in [6, 6.07) is 9.23. The number of carbonyl (C=O) groups is 2. The van der Waals surface area contributed by atoms with Crippen molar-refractivity contribution in [3.63, 3.8) is 0 Å². The Labute approximate surface area is 197 Å². The lowest BCUT2D eigenvalue weighted by molar-refractivity contribution is -0.384. The van der Waals surface area contributed by atoms with Crippen molar-refractivity contribution in [3.8, 4) is 11.3 Å². The van der Waals surface area contributed by atoms with Crippen molar-refractivity contribution >= 4 is 51.4 Å². The van der Waals surface area contributed by atoms with Crippen molar-refractivity contribution in [1.29, 1.82) is 5.41 Å². The van der Waals surface area contributed by atoms with E-state index in [1.807, 2.05) is 0 Å². The van der Waals surface area contributed by atoms with Crippen LogP contribution in [-0.4, -0.2) is 55.8 Å². The summed E-state index contributed by atoms with van der Waals surface area (Å²) in [7, 11) is 0. The van der Waals surface area contributed by atoms with Gasteiger partial charge in [0.2, 0.25) is 11.1 Å². The zero-order valence-electron chi connectivity index (χ0n) is 17.8. The van der Waals surface area contributed by atoms with Gasteiger partial charge in [-0.2, -0.15) is 15.1 Å². The number of amidine groups is 2. The molecule has 3 aliphatic heterocycles. The lowest BCUT2D eigenvalue weighted by atomic mass is 10.1. The third kappa shape index (κ3) is 4.15. The van der Waals surface area contributed by atoms with Crippen LogP contribution in [0.5, 0.6) is 0 Å². The van der Waals surface area contributed by atoms with Gasteiger partial charge in [-0.15, -0.1) is 0 Å². The molecule has 0 saturated carbocycles. The number of hydrogen-bond acceptors (Lipinski definition) is 8. The number of nitrogens with zero attached hydrogens (tertiary/aromatic N) is 5. The molecule has 1 N–H and O–H groups in total. The number of benzene rings is 1. The summed E-state index contributed by atoms with van der Waals surface area (Å²) in [6.07, 6.45) is 3.48. The Kier molecular flexibility index (Phi) is 5.57. The molecular formula is C22H18N6O5S. The molecule has 2 aromatic rings. The van der Waals surface area contributed by atoms with Crippen LogP contribution in [0.1, 0.15) is 25.0 Å². The molecule has 12 heteroatoms. The number of fused-ring (bicyclic) bond motifs is 1. The van der Waals surface area contributed by atoms with Gasteiger partial charge in [-0.1, -0.05) is 12.1 Å². The van der Waals surface area contributed by atoms with E-state index in [9.17, 15) is 19.7 Å². The molecule has 1 aromatic heterocycles. The number of nitro groups is 1. The summed E-state index contributed by atoms with van der Waals surface area (Å²) in [5.41, 5.74) is 0.431. The first-order chi connectivity index (χ1) is 16.4. The van der Waals surface area contributed by atoms with Crippen LogP contribution >= 0.6 is 11.8 Å². The molecule has 2 amide bonds. The molecule has 0 spiro atoms. The number of carbonyl (C=O) groups excluding carboxylic acids is 2. The van der Waals surface area contributed by atoms with Gasteiger partial charge in [0.15, 0.2) is 5.84 Å². The number of rotatable bonds is 5. The van der Waals surface area contributed by atoms with Crippen LogP contribution in [0.25, 0.3) is 17.4 Å². The van der Waals surface area contributed by atoms with Crippen LogP contribution in [0.15, 0.2) is 56.5 Å². The molecule has 0 aliphatic carbocycles. The predicted molar refractivity (Wildman–Crippen MR) is 126 cm³/mol. The first-order valence-corrected chi connectivity index (χ1v) is 11.3. The maximum atomic E-state index is 12.6. The van der Waals surface area contributed by atoms with Crippen LogP contribution in [0, 0.1) is 15.5 Å². The second kappa shape index (κ2) is 8.71. The Morgan fingerprint density at radius 3 is 2.82 bits per heavy atom. The zero-order chi connectivity index (χ0) is 23.8. The van der Waals surface area contributed by atoms with Gasteiger partial charge < -0.3 is 9.32 Å². The van der Waals surface area contributed by atoms with E-state index in [-0.39, 0.29) is 40.4 Å². The van der Waals surface area contributed by atoms with E-state index in [4.69, 9.17) is 9.83 Å². The van der Waals surface area contributed by atoms with Gasteiger partial charge in [-0.25, -0.2) is 0 Å². The van der Waals surface area contributed by atoms with Gasteiger partial charge >= 0.3 is 0 Å². The molecule has 4 heterocycles. The normalized spacial score (nSPS) is 18.9. The van der Waals surface area contributed by atoms with Crippen LogP contribution in [-0.2, 0) is 9.59 Å². The number of amides is 2. The highest BCUT2D eigenvalue weighted by molar-refractivity contribution is 8.27. The average Bonchev–Trinajstić information content (AvgIpc) is 3.58. The summed E-state index contributed by atoms with van der Waals surface area (Å²) in [5, 5.41) is 25.8. The monoisotopic (exact) mass is 478 g/mol. The lowest BCUT2D eigenvalue weighted by Gasteiger charge is -2.19. The fourth-order valence-corrected chi connectivity index (χ4v) is 4.69. The summed E-state index contributed by atoms with van der Waals surface area (Å²) in [6.45, 7) is 1.48. The molecule has 0 radical (unpaired) electrons. The molecule has 1 saturated heterocycles. The van der Waals surface area contributed by atoms with Gasteiger partial charge in [0.05, 0.1) is 16.9 Å². The van der Waals surface area contributed by atoms with E-state index < -0.39 is 10.8 Å². The van der Waals surface area contributed by atoms with Gasteiger partial charge in [0.1, 0.15) is 16.6 Å². The molecule has 0 atom stereocenters. The fraction of sp³-hybridized carbons (Fsp3) is 0.227. The number of thioether (sulfide) groups is 1. The summed E-state index contributed by atoms with van der Waals surface area (Å²) in [4.78, 5) is 41.4. The molecule has 1 fully saturated rings. The van der Waals surface area contributed by atoms with Crippen molar-refractivity contribution in [2.45, 2.75) is 19.3 Å². The molecule has 5 rings (SSSR count). The average molecular weight is 478 g/mol. The van der Waals surface area contributed by atoms with E-state index in [0.717, 1.165) is 37.7 Å². The van der Waals surface area contributed by atoms with Gasteiger partial charge in [0, 0.05) is 30.8 Å². The topological polar surface area (TPSA) is 145 Å². The van der Waals surface area contributed by atoms with Crippen LogP contribution < -0.4 is 0 Å². The number of aliphatic imine (C=N–C) groups is 1. The van der Waals surface area contributed by atoms with Crippen molar-refractivity contribution in [2.75, 3.05) is 13.1 Å². The first kappa shape index (κ1) is 21.8. The Bertz CT molecular complexity index is 1320. The van der Waals surface area contributed by atoms with Crippen LogP contribution in [0.3, 0.4) is 0 Å². The number of furan rings is 1. The highest BCUT2D eigenvalue weighted by Crippen LogP contribution is 2.31. The van der Waals surface area contributed by atoms with E-state index >= 15 is 0 Å². The zero-order valence-corrected chi connectivity index (χ0v) is 18.6. The molecule has 11 nitrogen and oxygen atoms in total. The van der Waals surface area contributed by atoms with Crippen molar-refractivity contribution < 1.29 is 18.9 Å². The highest BCUT2D eigenvalue weighted by Gasteiger charge is 2.36. The maximum absolute atomic E-state index is 12.6. The number of non-ortho nitro benzene ring substituents is 1. The van der Waals surface area contributed by atoms with Crippen molar-refractivity contribution in [2.24, 2.45) is 10.1 Å². The van der Waals surface area contributed by atoms with E-state index in [2.05, 4.69) is 10.1 Å². The minimum Gasteiger partial charge on any atom is -0.457 e. The second-order valence-corrected chi connectivity index (χ2v) is 8.83. The molecule has 0 unspecified atom stereocenters. The van der Waals surface area contributed by atoms with Crippen molar-refractivity contribution in [1.82, 2.24) is 9.91 Å². The largest absolute Gasteiger partial charge is 0.457 e. The standard InChI is InChI=1S/C22H18N6O5S/c23-20-16(11-15-6-7-17(33-15)13-4-3-5-14(10-13)28(31)32)21(30)24-22-27(20)25-18(34-22)12-19(29)26-8-1-2-9-26/h3-7,10-11,23H,1-2,8-9,12H2. The summed E-state index contributed by atoms with van der Waals surface area (Å²) >= 11 is 1.11. The van der Waals surface area contributed by atoms with E-state index in [0.29, 0.717) is 16.4 Å². The predicted octanol–water partition coefficient (Wildman–Crippen LogP) is 3.49. The second-order valence-electron chi connectivity index (χ2n) is 7.79. The summed E-state index contributed by atoms with van der Waals surface area (Å²) in [5.74, 6) is -0.138. The highest BCUT2D eigenvalue weighted by atomic mass is 32.2. The number of nitrogens with one attached hydrogen (secondary N) is 1. The third-order valence-electron chi connectivity index (χ3n) is 5.51. The number of likely N-dealkylation sites (tertiary alicyclic amines) is 1. The fourth-order valence-electron chi connectivity index (χ4n) is 3.81. The SMILES string of the molecule is N=C1C(=Cc2ccc(-c3cccc([N+](=O)[O-])c3)o2)C(=O)N=C2SC(CC(=O)N3CCCC3)=NN12. The van der Waals surface area contributed by atoms with Crippen LogP contribution in [0.2, 0.25) is 0 Å². The number of nitro benzene ring substituents is 1. The molecule has 172 valence electrons. The molecule has 34 heavy (non-hydrogen) atoms. The summed E-state index contributed by atoms with van der Waals surface area (Å²) < 4.78 is 5.74. The minimum absolute atomic E-state index is 0.0137. The molecule has 0 bridgehead atoms. The Morgan fingerprint density at radius 1 is 1.26 bits per heavy atom. The Morgan fingerprint density at radius 2 is 2.06 bits per heavy atom. The molecule has 3 aliphatic rings. The first-order valence-electron chi connectivity index (χ1n) is 10.5.